The number of ether oxygens (including phenoxy) is 1. The third-order valence-corrected chi connectivity index (χ3v) is 2.28. The Bertz CT molecular complexity index is 493. The number of nitro groups is 1. The maximum absolute atomic E-state index is 13.2. The van der Waals surface area contributed by atoms with Crippen LogP contribution in [0.15, 0.2) is 12.1 Å². The predicted molar refractivity (Wildman–Crippen MR) is 66.3 cm³/mol. The van der Waals surface area contributed by atoms with Crippen LogP contribution in [0.3, 0.4) is 0 Å². The van der Waals surface area contributed by atoms with Crippen molar-refractivity contribution in [1.29, 1.82) is 0 Å². The maximum Gasteiger partial charge on any atom is 0.295 e. The molecular formula is C11H14FN3O4. The number of benzene rings is 1. The summed E-state index contributed by atoms with van der Waals surface area (Å²) in [4.78, 5) is 20.5. The number of anilines is 1. The molecule has 0 unspecified atom stereocenters. The molecule has 1 aromatic carbocycles. The minimum atomic E-state index is -0.672. The molecule has 104 valence electrons. The molecule has 0 heterocycles. The molecule has 1 amide bonds. The number of rotatable bonds is 7. The van der Waals surface area contributed by atoms with Crippen molar-refractivity contribution in [3.8, 4) is 0 Å². The summed E-state index contributed by atoms with van der Waals surface area (Å²) in [6.07, 6.45) is 0. The summed E-state index contributed by atoms with van der Waals surface area (Å²) in [5.41, 5.74) is 5.02. The van der Waals surface area contributed by atoms with Gasteiger partial charge in [-0.2, -0.15) is 0 Å². The standard InChI is InChI=1S/C11H14FN3O4/c1-7-4-9(10(15(17)18)5-8(7)12)14-2-3-19-6-11(13)16/h4-5,14H,2-3,6H2,1H3,(H2,13,16). The molecule has 0 atom stereocenters. The minimum Gasteiger partial charge on any atom is -0.377 e. The lowest BCUT2D eigenvalue weighted by Gasteiger charge is -2.08. The first-order valence-corrected chi connectivity index (χ1v) is 5.46. The van der Waals surface area contributed by atoms with Gasteiger partial charge in [-0.25, -0.2) is 4.39 Å². The molecule has 0 aromatic heterocycles. The Balaban J connectivity index is 2.64. The van der Waals surface area contributed by atoms with Crippen molar-refractivity contribution in [2.75, 3.05) is 25.1 Å². The molecule has 8 heteroatoms. The van der Waals surface area contributed by atoms with E-state index < -0.39 is 16.6 Å². The van der Waals surface area contributed by atoms with Gasteiger partial charge >= 0.3 is 0 Å². The lowest BCUT2D eigenvalue weighted by molar-refractivity contribution is -0.384. The first kappa shape index (κ1) is 14.8. The van der Waals surface area contributed by atoms with Gasteiger partial charge in [0.1, 0.15) is 18.1 Å². The van der Waals surface area contributed by atoms with Crippen molar-refractivity contribution in [2.45, 2.75) is 6.92 Å². The first-order valence-electron chi connectivity index (χ1n) is 5.46. The number of nitrogens with two attached hydrogens (primary N) is 1. The highest BCUT2D eigenvalue weighted by Crippen LogP contribution is 2.27. The van der Waals surface area contributed by atoms with Crippen LogP contribution in [0.2, 0.25) is 0 Å². The summed E-state index contributed by atoms with van der Waals surface area (Å²) in [5.74, 6) is -1.23. The molecule has 19 heavy (non-hydrogen) atoms. The van der Waals surface area contributed by atoms with E-state index in [9.17, 15) is 19.3 Å². The number of halogens is 1. The molecule has 0 radical (unpaired) electrons. The lowest BCUT2D eigenvalue weighted by Crippen LogP contribution is -2.20. The molecule has 0 bridgehead atoms. The zero-order chi connectivity index (χ0) is 14.4. The molecule has 0 saturated carbocycles. The highest BCUT2D eigenvalue weighted by atomic mass is 19.1. The molecule has 0 aliphatic rings. The summed E-state index contributed by atoms with van der Waals surface area (Å²) >= 11 is 0. The van der Waals surface area contributed by atoms with Crippen LogP contribution in [0.25, 0.3) is 0 Å². The molecular weight excluding hydrogens is 257 g/mol. The van der Waals surface area contributed by atoms with Crippen molar-refractivity contribution in [1.82, 2.24) is 0 Å². The Labute approximate surface area is 108 Å². The van der Waals surface area contributed by atoms with Crippen molar-refractivity contribution >= 4 is 17.3 Å². The molecule has 0 aliphatic carbocycles. The number of primary amides is 1. The van der Waals surface area contributed by atoms with E-state index in [0.717, 1.165) is 6.07 Å². The fourth-order valence-corrected chi connectivity index (χ4v) is 1.39. The monoisotopic (exact) mass is 271 g/mol. The largest absolute Gasteiger partial charge is 0.377 e. The third-order valence-electron chi connectivity index (χ3n) is 2.28. The summed E-state index contributed by atoms with van der Waals surface area (Å²) in [5, 5.41) is 13.5. The minimum absolute atomic E-state index is 0.149. The molecule has 0 saturated heterocycles. The SMILES string of the molecule is Cc1cc(NCCOCC(N)=O)c([N+](=O)[O-])cc1F. The molecule has 3 N–H and O–H groups in total. The second kappa shape index (κ2) is 6.64. The van der Waals surface area contributed by atoms with Gasteiger partial charge in [-0.1, -0.05) is 0 Å². The molecule has 7 nitrogen and oxygen atoms in total. The normalized spacial score (nSPS) is 10.2. The fraction of sp³-hybridized carbons (Fsp3) is 0.364. The van der Waals surface area contributed by atoms with Gasteiger partial charge in [0, 0.05) is 6.54 Å². The molecule has 1 rings (SSSR count). The first-order chi connectivity index (χ1) is 8.91. The topological polar surface area (TPSA) is 107 Å². The van der Waals surface area contributed by atoms with E-state index in [1.807, 2.05) is 0 Å². The highest BCUT2D eigenvalue weighted by Gasteiger charge is 2.16. The van der Waals surface area contributed by atoms with E-state index in [4.69, 9.17) is 10.5 Å². The Hall–Kier alpha value is -2.22. The van der Waals surface area contributed by atoms with E-state index in [2.05, 4.69) is 5.32 Å². The Kier molecular flexibility index (Phi) is 5.19. The second-order valence-electron chi connectivity index (χ2n) is 3.82. The Morgan fingerprint density at radius 1 is 1.58 bits per heavy atom. The quantitative estimate of drug-likeness (QED) is 0.436. The molecule has 0 aliphatic heterocycles. The number of nitrogens with one attached hydrogen (secondary N) is 1. The average Bonchev–Trinajstić information content (AvgIpc) is 2.32. The van der Waals surface area contributed by atoms with Crippen molar-refractivity contribution in [2.24, 2.45) is 5.73 Å². The number of nitrogens with zero attached hydrogens (tertiary/aromatic N) is 1. The number of aryl methyl sites for hydroxylation is 1. The van der Waals surface area contributed by atoms with Crippen LogP contribution in [0.4, 0.5) is 15.8 Å². The summed E-state index contributed by atoms with van der Waals surface area (Å²) in [6.45, 7) is 1.68. The third kappa shape index (κ3) is 4.51. The Morgan fingerprint density at radius 2 is 2.26 bits per heavy atom. The van der Waals surface area contributed by atoms with E-state index in [0.29, 0.717) is 5.56 Å². The zero-order valence-electron chi connectivity index (χ0n) is 10.3. The van der Waals surface area contributed by atoms with Gasteiger partial charge in [0.2, 0.25) is 5.91 Å². The van der Waals surface area contributed by atoms with Crippen molar-refractivity contribution < 1.29 is 18.8 Å². The van der Waals surface area contributed by atoms with Crippen molar-refractivity contribution in [3.05, 3.63) is 33.6 Å². The Morgan fingerprint density at radius 3 is 2.84 bits per heavy atom. The van der Waals surface area contributed by atoms with E-state index in [1.165, 1.54) is 13.0 Å². The predicted octanol–water partition coefficient (Wildman–Crippen LogP) is 0.956. The van der Waals surface area contributed by atoms with Crippen LogP contribution in [-0.4, -0.2) is 30.6 Å². The average molecular weight is 271 g/mol. The van der Waals surface area contributed by atoms with E-state index in [-0.39, 0.29) is 31.1 Å². The van der Waals surface area contributed by atoms with Crippen LogP contribution in [-0.2, 0) is 9.53 Å². The van der Waals surface area contributed by atoms with Gasteiger partial charge in [-0.15, -0.1) is 0 Å². The van der Waals surface area contributed by atoms with Crippen molar-refractivity contribution in [3.63, 3.8) is 0 Å². The van der Waals surface area contributed by atoms with E-state index in [1.54, 1.807) is 0 Å². The van der Waals surface area contributed by atoms with Gasteiger partial charge in [0.15, 0.2) is 0 Å². The van der Waals surface area contributed by atoms with Crippen LogP contribution in [0, 0.1) is 22.9 Å². The zero-order valence-corrected chi connectivity index (χ0v) is 10.3. The fourth-order valence-electron chi connectivity index (χ4n) is 1.39. The van der Waals surface area contributed by atoms with Gasteiger partial charge in [0.05, 0.1) is 17.6 Å². The molecule has 1 aromatic rings. The molecule has 0 fully saturated rings. The summed E-state index contributed by atoms with van der Waals surface area (Å²) in [7, 11) is 0. The number of amides is 1. The molecule has 0 spiro atoms. The van der Waals surface area contributed by atoms with Gasteiger partial charge in [0.25, 0.3) is 5.69 Å². The number of carbonyl (C=O) groups is 1. The maximum atomic E-state index is 13.2. The van der Waals surface area contributed by atoms with Crippen LogP contribution in [0.5, 0.6) is 0 Å². The van der Waals surface area contributed by atoms with Crippen LogP contribution < -0.4 is 11.1 Å². The van der Waals surface area contributed by atoms with Gasteiger partial charge in [-0.05, 0) is 18.6 Å². The summed E-state index contributed by atoms with van der Waals surface area (Å²) in [6, 6.07) is 2.21. The number of nitro benzene ring substituents is 1. The number of hydrogen-bond acceptors (Lipinski definition) is 5. The van der Waals surface area contributed by atoms with Crippen LogP contribution >= 0.6 is 0 Å². The summed E-state index contributed by atoms with van der Waals surface area (Å²) < 4.78 is 18.1. The van der Waals surface area contributed by atoms with Gasteiger partial charge in [-0.3, -0.25) is 14.9 Å². The lowest BCUT2D eigenvalue weighted by atomic mass is 10.2. The number of hydrogen-bond donors (Lipinski definition) is 2. The number of carbonyl (C=O) groups excluding carboxylic acids is 1. The van der Waals surface area contributed by atoms with E-state index >= 15 is 0 Å². The van der Waals surface area contributed by atoms with Crippen LogP contribution in [0.1, 0.15) is 5.56 Å². The second-order valence-corrected chi connectivity index (χ2v) is 3.82. The highest BCUT2D eigenvalue weighted by molar-refractivity contribution is 5.75. The van der Waals surface area contributed by atoms with Gasteiger partial charge < -0.3 is 15.8 Å². The smallest absolute Gasteiger partial charge is 0.295 e.